The number of quaternary nitrogens is 1. The third-order valence-corrected chi connectivity index (χ3v) is 15.2. The first-order valence-electron chi connectivity index (χ1n) is 32.7. The van der Waals surface area contributed by atoms with Crippen molar-refractivity contribution >= 4 is 19.8 Å². The summed E-state index contributed by atoms with van der Waals surface area (Å²) in [4.78, 5) is 35.7. The number of esters is 2. The number of unbranched alkanes of at least 4 members (excludes halogenated alkanes) is 34. The van der Waals surface area contributed by atoms with Crippen LogP contribution in [0.15, 0.2) is 72.9 Å². The predicted octanol–water partition coefficient (Wildman–Crippen LogP) is 20.8. The second kappa shape index (κ2) is 59.1. The molecule has 0 rings (SSSR count). The number of likely N-dealkylation sites (N-methyl/N-ethyl adjacent to an activating group) is 1. The average Bonchev–Trinajstić information content (AvgIpc) is 3.41. The Morgan fingerprint density at radius 2 is 0.731 bits per heavy atom. The predicted molar refractivity (Wildman–Crippen MR) is 335 cm³/mol. The highest BCUT2D eigenvalue weighted by Crippen LogP contribution is 2.43. The van der Waals surface area contributed by atoms with Gasteiger partial charge >= 0.3 is 19.8 Å². The number of nitrogens with zero attached hydrogens (tertiary/aromatic N) is 1. The third kappa shape index (κ3) is 62.6. The largest absolute Gasteiger partial charge is 0.472 e. The van der Waals surface area contributed by atoms with Crippen molar-refractivity contribution in [2.24, 2.45) is 0 Å². The molecule has 0 aromatic rings. The number of hydrogen-bond acceptors (Lipinski definition) is 7. The van der Waals surface area contributed by atoms with E-state index in [9.17, 15) is 19.0 Å². The second-order valence-electron chi connectivity index (χ2n) is 23.1. The highest BCUT2D eigenvalue weighted by molar-refractivity contribution is 7.47. The van der Waals surface area contributed by atoms with Gasteiger partial charge in [0.2, 0.25) is 0 Å². The number of ether oxygens (including phenoxy) is 2. The van der Waals surface area contributed by atoms with E-state index in [0.717, 1.165) is 83.5 Å². The van der Waals surface area contributed by atoms with E-state index in [1.807, 2.05) is 21.1 Å². The van der Waals surface area contributed by atoms with Crippen LogP contribution in [0.25, 0.3) is 0 Å². The van der Waals surface area contributed by atoms with Crippen molar-refractivity contribution in [1.82, 2.24) is 0 Å². The quantitative estimate of drug-likeness (QED) is 0.0211. The molecule has 9 nitrogen and oxygen atoms in total. The Kier molecular flexibility index (Phi) is 57.2. The van der Waals surface area contributed by atoms with Crippen LogP contribution in [0.5, 0.6) is 0 Å². The van der Waals surface area contributed by atoms with E-state index in [4.69, 9.17) is 18.5 Å². The number of phosphoric acid groups is 1. The Labute approximate surface area is 482 Å². The van der Waals surface area contributed by atoms with Crippen LogP contribution in [0.1, 0.15) is 296 Å². The Hall–Kier alpha value is -2.55. The Morgan fingerprint density at radius 3 is 1.09 bits per heavy atom. The highest BCUT2D eigenvalue weighted by Gasteiger charge is 2.27. The molecule has 2 atom stereocenters. The molecule has 1 N–H and O–H groups in total. The minimum absolute atomic E-state index is 0.0295. The molecule has 2 unspecified atom stereocenters. The molecule has 0 aliphatic heterocycles. The second-order valence-corrected chi connectivity index (χ2v) is 24.6. The van der Waals surface area contributed by atoms with Gasteiger partial charge in [0.1, 0.15) is 19.8 Å². The maximum atomic E-state index is 12.8. The fraction of sp³-hybridized carbons (Fsp3) is 0.794. The number of rotatable bonds is 60. The zero-order valence-electron chi connectivity index (χ0n) is 51.6. The summed E-state index contributed by atoms with van der Waals surface area (Å²) in [6, 6.07) is 0. The lowest BCUT2D eigenvalue weighted by Crippen LogP contribution is -2.37. The summed E-state index contributed by atoms with van der Waals surface area (Å²) in [5.41, 5.74) is 0. The van der Waals surface area contributed by atoms with Crippen LogP contribution in [0.2, 0.25) is 0 Å². The Bertz CT molecular complexity index is 1550. The summed E-state index contributed by atoms with van der Waals surface area (Å²) in [7, 11) is 1.48. The number of hydrogen-bond donors (Lipinski definition) is 1. The highest BCUT2D eigenvalue weighted by atomic mass is 31.2. The summed E-state index contributed by atoms with van der Waals surface area (Å²) >= 11 is 0. The van der Waals surface area contributed by atoms with Crippen molar-refractivity contribution in [2.45, 2.75) is 302 Å². The van der Waals surface area contributed by atoms with E-state index in [0.29, 0.717) is 17.4 Å². The van der Waals surface area contributed by atoms with E-state index >= 15 is 0 Å². The molecule has 0 bridgehead atoms. The first kappa shape index (κ1) is 75.5. The maximum absolute atomic E-state index is 12.8. The van der Waals surface area contributed by atoms with Crippen LogP contribution >= 0.6 is 7.82 Å². The molecule has 0 amide bonds. The van der Waals surface area contributed by atoms with Gasteiger partial charge in [0.05, 0.1) is 27.7 Å². The molecule has 454 valence electrons. The monoisotopic (exact) mass is 1110 g/mol. The van der Waals surface area contributed by atoms with E-state index in [2.05, 4.69) is 86.8 Å². The van der Waals surface area contributed by atoms with Gasteiger partial charge in [0.15, 0.2) is 6.10 Å². The molecule has 0 aliphatic carbocycles. The lowest BCUT2D eigenvalue weighted by Gasteiger charge is -2.24. The topological polar surface area (TPSA) is 108 Å². The molecule has 0 aliphatic rings. The van der Waals surface area contributed by atoms with E-state index in [-0.39, 0.29) is 32.0 Å². The molecule has 0 heterocycles. The third-order valence-electron chi connectivity index (χ3n) is 14.2. The molecule has 0 fully saturated rings. The van der Waals surface area contributed by atoms with Gasteiger partial charge in [-0.3, -0.25) is 18.6 Å². The summed E-state index contributed by atoms with van der Waals surface area (Å²) in [6.45, 7) is 4.30. The SMILES string of the molecule is CC/C=C\C/C=C\C/C=C\C/C=C\CCCCCCCCCCCCCCCCCCCCCCCCCCCCC(=O)OC(COC(=O)CCCCCCC/C=C\C/C=C\CCCCC)COP(=O)(O)OCC[N+](C)(C)C. The van der Waals surface area contributed by atoms with Gasteiger partial charge in [-0.25, -0.2) is 4.57 Å². The minimum Gasteiger partial charge on any atom is -0.462 e. The molecule has 0 saturated carbocycles. The van der Waals surface area contributed by atoms with Crippen molar-refractivity contribution in [2.75, 3.05) is 47.5 Å². The van der Waals surface area contributed by atoms with Crippen molar-refractivity contribution in [3.05, 3.63) is 72.9 Å². The van der Waals surface area contributed by atoms with Gasteiger partial charge in [-0.05, 0) is 83.5 Å². The van der Waals surface area contributed by atoms with Gasteiger partial charge in [0, 0.05) is 12.8 Å². The first-order valence-corrected chi connectivity index (χ1v) is 34.2. The standard InChI is InChI=1S/C68H124NO8P/c1-6-8-10-12-14-16-18-20-22-23-24-25-26-27-28-29-30-31-32-33-34-35-36-37-38-39-40-41-42-43-44-45-47-49-51-53-55-57-59-61-68(71)77-66(65-76-78(72,73)75-63-62-69(3,4)5)64-74-67(70)60-58-56-54-52-50-48-46-21-19-17-15-13-11-9-7-2/h8,10,14-17,20-22,24-25,46,66H,6-7,9,11-13,18-19,23,26-45,47-65H2,1-5H3/p+1/b10-8-,16-14-,17-15-,22-20-,25-24-,46-21-. The number of phosphoric ester groups is 1. The first-order chi connectivity index (χ1) is 38.0. The van der Waals surface area contributed by atoms with E-state index in [1.165, 1.54) is 180 Å². The molecule has 0 aromatic carbocycles. The Morgan fingerprint density at radius 1 is 0.410 bits per heavy atom. The van der Waals surface area contributed by atoms with Crippen LogP contribution in [-0.2, 0) is 32.7 Å². The maximum Gasteiger partial charge on any atom is 0.472 e. The van der Waals surface area contributed by atoms with Crippen molar-refractivity contribution in [3.63, 3.8) is 0 Å². The van der Waals surface area contributed by atoms with Crippen LogP contribution in [-0.4, -0.2) is 74.9 Å². The molecular formula is C68H125NO8P+. The normalized spacial score (nSPS) is 13.7. The van der Waals surface area contributed by atoms with Crippen LogP contribution in [0, 0.1) is 0 Å². The van der Waals surface area contributed by atoms with Crippen LogP contribution < -0.4 is 0 Å². The van der Waals surface area contributed by atoms with E-state index < -0.39 is 26.5 Å². The van der Waals surface area contributed by atoms with Gasteiger partial charge in [-0.15, -0.1) is 0 Å². The van der Waals surface area contributed by atoms with Crippen molar-refractivity contribution in [1.29, 1.82) is 0 Å². The minimum atomic E-state index is -4.39. The number of carbonyl (C=O) groups is 2. The smallest absolute Gasteiger partial charge is 0.462 e. The van der Waals surface area contributed by atoms with Gasteiger partial charge in [-0.1, -0.05) is 273 Å². The van der Waals surface area contributed by atoms with Gasteiger partial charge in [-0.2, -0.15) is 0 Å². The van der Waals surface area contributed by atoms with E-state index in [1.54, 1.807) is 0 Å². The fourth-order valence-corrected chi connectivity index (χ4v) is 9.96. The Balaban J connectivity index is 3.91. The van der Waals surface area contributed by atoms with Crippen molar-refractivity contribution in [3.8, 4) is 0 Å². The summed E-state index contributed by atoms with van der Waals surface area (Å²) in [5.74, 6) is -0.803. The zero-order valence-corrected chi connectivity index (χ0v) is 52.5. The molecular weight excluding hydrogens is 990 g/mol. The molecule has 0 spiro atoms. The summed E-state index contributed by atoms with van der Waals surface area (Å²) in [6.07, 6.45) is 78.7. The van der Waals surface area contributed by atoms with Gasteiger partial charge < -0.3 is 18.9 Å². The lowest BCUT2D eigenvalue weighted by molar-refractivity contribution is -0.870. The molecule has 0 radical (unpaired) electrons. The molecule has 0 saturated heterocycles. The van der Waals surface area contributed by atoms with Crippen molar-refractivity contribution < 1.29 is 42.1 Å². The summed E-state index contributed by atoms with van der Waals surface area (Å²) in [5, 5.41) is 0. The number of allylic oxidation sites excluding steroid dienone is 12. The molecule has 10 heteroatoms. The summed E-state index contributed by atoms with van der Waals surface area (Å²) < 4.78 is 34.6. The average molecular weight is 1120 g/mol. The van der Waals surface area contributed by atoms with Crippen LogP contribution in [0.3, 0.4) is 0 Å². The molecule has 0 aromatic heterocycles. The lowest BCUT2D eigenvalue weighted by atomic mass is 10.0. The van der Waals surface area contributed by atoms with Gasteiger partial charge in [0.25, 0.3) is 0 Å². The molecule has 78 heavy (non-hydrogen) atoms. The zero-order chi connectivity index (χ0) is 57.0. The van der Waals surface area contributed by atoms with Crippen LogP contribution in [0.4, 0.5) is 0 Å². The fourth-order valence-electron chi connectivity index (χ4n) is 9.22. The number of carbonyl (C=O) groups excluding carboxylic acids is 2.